The van der Waals surface area contributed by atoms with Crippen molar-refractivity contribution in [2.24, 2.45) is 0 Å². The Hall–Kier alpha value is -2.26. The molecule has 0 fully saturated rings. The lowest BCUT2D eigenvalue weighted by Gasteiger charge is -2.08. The highest BCUT2D eigenvalue weighted by atomic mass is 32.2. The standard InChI is InChI=1S/C14H14N4OS/c1-10-9-13(18-14(16-10)20-8-7-15)17-11-3-5-12(19-2)6-4-11/h3-6,9H,8H2,1-2H3,(H,16,17,18). The van der Waals surface area contributed by atoms with Gasteiger partial charge in [0.05, 0.1) is 18.9 Å². The lowest BCUT2D eigenvalue weighted by atomic mass is 10.3. The Bertz CT molecular complexity index is 622. The number of rotatable bonds is 5. The van der Waals surface area contributed by atoms with Gasteiger partial charge in [0, 0.05) is 17.4 Å². The van der Waals surface area contributed by atoms with Crippen LogP contribution in [0.15, 0.2) is 35.5 Å². The summed E-state index contributed by atoms with van der Waals surface area (Å²) in [5.41, 5.74) is 1.77. The van der Waals surface area contributed by atoms with Crippen molar-refractivity contribution < 1.29 is 4.74 Å². The van der Waals surface area contributed by atoms with E-state index in [0.717, 1.165) is 17.1 Å². The van der Waals surface area contributed by atoms with Gasteiger partial charge in [-0.1, -0.05) is 11.8 Å². The van der Waals surface area contributed by atoms with E-state index >= 15 is 0 Å². The van der Waals surface area contributed by atoms with E-state index in [0.29, 0.717) is 16.7 Å². The van der Waals surface area contributed by atoms with Gasteiger partial charge in [-0.15, -0.1) is 0 Å². The molecule has 2 aromatic rings. The second-order valence-corrected chi connectivity index (χ2v) is 4.92. The van der Waals surface area contributed by atoms with Crippen molar-refractivity contribution in [3.63, 3.8) is 0 Å². The SMILES string of the molecule is COc1ccc(Nc2cc(C)nc(SCC#N)n2)cc1. The predicted octanol–water partition coefficient (Wildman–Crippen LogP) is 3.15. The molecule has 2 rings (SSSR count). The van der Waals surface area contributed by atoms with Crippen LogP contribution in [-0.4, -0.2) is 22.8 Å². The monoisotopic (exact) mass is 286 g/mol. The van der Waals surface area contributed by atoms with Crippen molar-refractivity contribution in [2.75, 3.05) is 18.2 Å². The van der Waals surface area contributed by atoms with E-state index in [-0.39, 0.29) is 0 Å². The van der Waals surface area contributed by atoms with E-state index in [4.69, 9.17) is 10.00 Å². The molecule has 0 unspecified atom stereocenters. The lowest BCUT2D eigenvalue weighted by Crippen LogP contribution is -1.98. The molecule has 0 aliphatic heterocycles. The Kier molecular flexibility index (Phi) is 4.80. The molecule has 1 aromatic carbocycles. The quantitative estimate of drug-likeness (QED) is 0.672. The summed E-state index contributed by atoms with van der Waals surface area (Å²) in [7, 11) is 1.63. The zero-order valence-corrected chi connectivity index (χ0v) is 12.1. The van der Waals surface area contributed by atoms with Crippen LogP contribution in [0.4, 0.5) is 11.5 Å². The first-order chi connectivity index (χ1) is 9.71. The van der Waals surface area contributed by atoms with E-state index < -0.39 is 0 Å². The predicted molar refractivity (Wildman–Crippen MR) is 79.4 cm³/mol. The van der Waals surface area contributed by atoms with E-state index in [1.54, 1.807) is 7.11 Å². The van der Waals surface area contributed by atoms with Gasteiger partial charge in [-0.25, -0.2) is 9.97 Å². The molecule has 1 N–H and O–H groups in total. The maximum atomic E-state index is 8.60. The van der Waals surface area contributed by atoms with Crippen LogP contribution in [0, 0.1) is 18.3 Å². The summed E-state index contributed by atoms with van der Waals surface area (Å²) in [5.74, 6) is 1.86. The van der Waals surface area contributed by atoms with Crippen LogP contribution in [0.5, 0.6) is 5.75 Å². The topological polar surface area (TPSA) is 70.8 Å². The molecule has 20 heavy (non-hydrogen) atoms. The molecule has 0 aliphatic carbocycles. The average molecular weight is 286 g/mol. The van der Waals surface area contributed by atoms with Gasteiger partial charge >= 0.3 is 0 Å². The summed E-state index contributed by atoms with van der Waals surface area (Å²) in [6.45, 7) is 1.90. The van der Waals surface area contributed by atoms with Crippen LogP contribution in [0.2, 0.25) is 0 Å². The minimum atomic E-state index is 0.339. The Labute approximate surface area is 122 Å². The normalized spacial score (nSPS) is 9.85. The number of nitrogens with one attached hydrogen (secondary N) is 1. The molecule has 1 aromatic heterocycles. The first-order valence-corrected chi connectivity index (χ1v) is 6.96. The third-order valence-electron chi connectivity index (χ3n) is 2.46. The van der Waals surface area contributed by atoms with Gasteiger partial charge in [-0.05, 0) is 31.2 Å². The van der Waals surface area contributed by atoms with Crippen LogP contribution in [0.3, 0.4) is 0 Å². The maximum absolute atomic E-state index is 8.60. The molecule has 5 nitrogen and oxygen atoms in total. The van der Waals surface area contributed by atoms with Crippen LogP contribution in [0.25, 0.3) is 0 Å². The fourth-order valence-corrected chi connectivity index (χ4v) is 2.15. The van der Waals surface area contributed by atoms with E-state index in [2.05, 4.69) is 21.4 Å². The minimum Gasteiger partial charge on any atom is -0.497 e. The van der Waals surface area contributed by atoms with Gasteiger partial charge in [-0.3, -0.25) is 0 Å². The number of benzene rings is 1. The van der Waals surface area contributed by atoms with E-state index in [9.17, 15) is 0 Å². The smallest absolute Gasteiger partial charge is 0.190 e. The molecular formula is C14H14N4OS. The average Bonchev–Trinajstić information content (AvgIpc) is 2.45. The number of aromatic nitrogens is 2. The summed E-state index contributed by atoms with van der Waals surface area (Å²) >= 11 is 1.32. The molecule has 6 heteroatoms. The molecule has 0 saturated heterocycles. The van der Waals surface area contributed by atoms with Gasteiger partial charge < -0.3 is 10.1 Å². The van der Waals surface area contributed by atoms with Crippen molar-refractivity contribution >= 4 is 23.3 Å². The Morgan fingerprint density at radius 3 is 2.70 bits per heavy atom. The number of methoxy groups -OCH3 is 1. The highest BCUT2D eigenvalue weighted by Crippen LogP contribution is 2.21. The zero-order valence-electron chi connectivity index (χ0n) is 11.3. The Morgan fingerprint density at radius 2 is 2.05 bits per heavy atom. The van der Waals surface area contributed by atoms with Crippen LogP contribution < -0.4 is 10.1 Å². The highest BCUT2D eigenvalue weighted by Gasteiger charge is 2.03. The molecule has 0 amide bonds. The summed E-state index contributed by atoms with van der Waals surface area (Å²) in [6.07, 6.45) is 0. The molecule has 0 bridgehead atoms. The maximum Gasteiger partial charge on any atom is 0.190 e. The van der Waals surface area contributed by atoms with Gasteiger partial charge in [-0.2, -0.15) is 5.26 Å². The van der Waals surface area contributed by atoms with Gasteiger partial charge in [0.1, 0.15) is 11.6 Å². The molecule has 0 saturated carbocycles. The zero-order chi connectivity index (χ0) is 14.4. The molecule has 0 atom stereocenters. The first-order valence-electron chi connectivity index (χ1n) is 5.98. The number of nitrogens with zero attached hydrogens (tertiary/aromatic N) is 3. The van der Waals surface area contributed by atoms with Crippen LogP contribution >= 0.6 is 11.8 Å². The van der Waals surface area contributed by atoms with Gasteiger partial charge in [0.25, 0.3) is 0 Å². The number of ether oxygens (including phenoxy) is 1. The van der Waals surface area contributed by atoms with Crippen molar-refractivity contribution in [1.29, 1.82) is 5.26 Å². The summed E-state index contributed by atoms with van der Waals surface area (Å²) < 4.78 is 5.11. The van der Waals surface area contributed by atoms with E-state index in [1.807, 2.05) is 37.3 Å². The Balaban J connectivity index is 2.15. The number of nitriles is 1. The Morgan fingerprint density at radius 1 is 1.30 bits per heavy atom. The van der Waals surface area contributed by atoms with Crippen LogP contribution in [-0.2, 0) is 0 Å². The van der Waals surface area contributed by atoms with E-state index in [1.165, 1.54) is 11.8 Å². The van der Waals surface area contributed by atoms with Crippen molar-refractivity contribution in [3.05, 3.63) is 36.0 Å². The summed E-state index contributed by atoms with van der Waals surface area (Å²) in [6, 6.07) is 11.5. The van der Waals surface area contributed by atoms with Gasteiger partial charge in [0.2, 0.25) is 0 Å². The fraction of sp³-hybridized carbons (Fsp3) is 0.214. The number of hydrogen-bond acceptors (Lipinski definition) is 6. The van der Waals surface area contributed by atoms with Gasteiger partial charge in [0.15, 0.2) is 5.16 Å². The third kappa shape index (κ3) is 3.87. The largest absolute Gasteiger partial charge is 0.497 e. The number of thioether (sulfide) groups is 1. The van der Waals surface area contributed by atoms with Crippen molar-refractivity contribution in [1.82, 2.24) is 9.97 Å². The second-order valence-electron chi connectivity index (χ2n) is 3.98. The minimum absolute atomic E-state index is 0.339. The number of aryl methyl sites for hydroxylation is 1. The molecular weight excluding hydrogens is 272 g/mol. The molecule has 1 heterocycles. The first kappa shape index (κ1) is 14.2. The highest BCUT2D eigenvalue weighted by molar-refractivity contribution is 7.99. The number of anilines is 2. The molecule has 0 aliphatic rings. The number of hydrogen-bond donors (Lipinski definition) is 1. The third-order valence-corrected chi connectivity index (χ3v) is 3.18. The summed E-state index contributed by atoms with van der Waals surface area (Å²) in [5, 5.41) is 12.4. The van der Waals surface area contributed by atoms with Crippen LogP contribution in [0.1, 0.15) is 5.69 Å². The molecule has 102 valence electrons. The summed E-state index contributed by atoms with van der Waals surface area (Å²) in [4.78, 5) is 8.65. The van der Waals surface area contributed by atoms with Crippen molar-refractivity contribution in [3.8, 4) is 11.8 Å². The second kappa shape index (κ2) is 6.78. The van der Waals surface area contributed by atoms with Crippen molar-refractivity contribution in [2.45, 2.75) is 12.1 Å². The molecule has 0 spiro atoms. The lowest BCUT2D eigenvalue weighted by molar-refractivity contribution is 0.415. The fourth-order valence-electron chi connectivity index (χ4n) is 1.59. The molecule has 0 radical (unpaired) electrons.